The van der Waals surface area contributed by atoms with Gasteiger partial charge in [-0.1, -0.05) is 18.2 Å². The van der Waals surface area contributed by atoms with Gasteiger partial charge in [0.2, 0.25) is 0 Å². The number of nitrogens with one attached hydrogen (secondary N) is 1. The van der Waals surface area contributed by atoms with E-state index >= 15 is 0 Å². The quantitative estimate of drug-likeness (QED) is 0.800. The molecule has 0 spiro atoms. The van der Waals surface area contributed by atoms with E-state index in [1.165, 1.54) is 16.8 Å². The molecular formula is C15H24N2. The molecule has 2 heteroatoms. The van der Waals surface area contributed by atoms with E-state index in [1.54, 1.807) is 0 Å². The van der Waals surface area contributed by atoms with Gasteiger partial charge in [0.05, 0.1) is 0 Å². The van der Waals surface area contributed by atoms with Crippen molar-refractivity contribution in [3.05, 3.63) is 29.3 Å². The molecule has 1 heterocycles. The zero-order chi connectivity index (χ0) is 12.6. The largest absolute Gasteiger partial charge is 0.367 e. The molecule has 0 saturated carbocycles. The minimum Gasteiger partial charge on any atom is -0.367 e. The fraction of sp³-hybridized carbons (Fsp3) is 0.600. The van der Waals surface area contributed by atoms with Crippen molar-refractivity contribution >= 4 is 5.69 Å². The number of para-hydroxylation sites is 1. The van der Waals surface area contributed by atoms with Gasteiger partial charge < -0.3 is 10.2 Å². The summed E-state index contributed by atoms with van der Waals surface area (Å²) in [5.74, 6) is 0. The zero-order valence-electron chi connectivity index (χ0n) is 11.7. The highest BCUT2D eigenvalue weighted by Gasteiger charge is 2.28. The minimum atomic E-state index is 0.162. The minimum absolute atomic E-state index is 0.162. The third-order valence-corrected chi connectivity index (χ3v) is 3.55. The number of anilines is 1. The summed E-state index contributed by atoms with van der Waals surface area (Å²) in [5.41, 5.74) is 4.40. The van der Waals surface area contributed by atoms with Crippen molar-refractivity contribution in [3.63, 3.8) is 0 Å². The number of rotatable bonds is 1. The molecule has 2 nitrogen and oxygen atoms in total. The average molecular weight is 232 g/mol. The molecule has 1 aliphatic heterocycles. The van der Waals surface area contributed by atoms with Gasteiger partial charge >= 0.3 is 0 Å². The molecule has 0 radical (unpaired) electrons. The van der Waals surface area contributed by atoms with E-state index in [1.807, 2.05) is 0 Å². The SMILES string of the molecule is Cc1cccc2c1N(C(C)C)CC(C)(C)NC2. The molecule has 1 aromatic rings. The Labute approximate surface area is 105 Å². The fourth-order valence-corrected chi connectivity index (χ4v) is 2.61. The maximum absolute atomic E-state index is 3.65. The highest BCUT2D eigenvalue weighted by molar-refractivity contribution is 5.61. The van der Waals surface area contributed by atoms with Crippen LogP contribution in [-0.2, 0) is 6.54 Å². The number of nitrogens with zero attached hydrogens (tertiary/aromatic N) is 1. The Balaban J connectivity index is 2.50. The van der Waals surface area contributed by atoms with Crippen molar-refractivity contribution in [1.82, 2.24) is 5.32 Å². The molecule has 0 saturated heterocycles. The van der Waals surface area contributed by atoms with Crippen LogP contribution in [0.3, 0.4) is 0 Å². The van der Waals surface area contributed by atoms with Gasteiger partial charge in [-0.05, 0) is 45.7 Å². The van der Waals surface area contributed by atoms with Gasteiger partial charge in [-0.15, -0.1) is 0 Å². The zero-order valence-corrected chi connectivity index (χ0v) is 11.7. The van der Waals surface area contributed by atoms with E-state index < -0.39 is 0 Å². The standard InChI is InChI=1S/C15H24N2/c1-11(2)17-10-15(4,5)16-9-13-8-6-7-12(3)14(13)17/h6-8,11,16H,9-10H2,1-5H3. The second-order valence-corrected chi connectivity index (χ2v) is 6.04. The summed E-state index contributed by atoms with van der Waals surface area (Å²) in [5, 5.41) is 3.65. The predicted molar refractivity (Wildman–Crippen MR) is 74.6 cm³/mol. The monoisotopic (exact) mass is 232 g/mol. The Hall–Kier alpha value is -1.02. The number of hydrogen-bond donors (Lipinski definition) is 1. The van der Waals surface area contributed by atoms with Crippen LogP contribution < -0.4 is 10.2 Å². The number of aryl methyl sites for hydroxylation is 1. The maximum atomic E-state index is 3.65. The Morgan fingerprint density at radius 1 is 1.29 bits per heavy atom. The van der Waals surface area contributed by atoms with Gasteiger partial charge in [0, 0.05) is 30.4 Å². The Kier molecular flexibility index (Phi) is 3.17. The third kappa shape index (κ3) is 2.47. The molecule has 1 N–H and O–H groups in total. The summed E-state index contributed by atoms with van der Waals surface area (Å²) in [6.45, 7) is 13.4. The molecule has 1 aliphatic rings. The van der Waals surface area contributed by atoms with Gasteiger partial charge in [-0.3, -0.25) is 0 Å². The fourth-order valence-electron chi connectivity index (χ4n) is 2.61. The highest BCUT2D eigenvalue weighted by Crippen LogP contribution is 2.31. The lowest BCUT2D eigenvalue weighted by atomic mass is 10.0. The van der Waals surface area contributed by atoms with Crippen molar-refractivity contribution in [2.45, 2.75) is 52.7 Å². The molecule has 0 bridgehead atoms. The lowest BCUT2D eigenvalue weighted by molar-refractivity contribution is 0.388. The van der Waals surface area contributed by atoms with Gasteiger partial charge in [0.15, 0.2) is 0 Å². The lowest BCUT2D eigenvalue weighted by Gasteiger charge is -2.35. The number of hydrogen-bond acceptors (Lipinski definition) is 2. The first kappa shape index (κ1) is 12.4. The molecule has 0 amide bonds. The summed E-state index contributed by atoms with van der Waals surface area (Å²) >= 11 is 0. The van der Waals surface area contributed by atoms with Crippen molar-refractivity contribution in [2.75, 3.05) is 11.4 Å². The van der Waals surface area contributed by atoms with E-state index in [-0.39, 0.29) is 5.54 Å². The summed E-state index contributed by atoms with van der Waals surface area (Å²) < 4.78 is 0. The number of fused-ring (bicyclic) bond motifs is 1. The molecule has 94 valence electrons. The van der Waals surface area contributed by atoms with Crippen LogP contribution in [0.2, 0.25) is 0 Å². The second kappa shape index (κ2) is 4.34. The van der Waals surface area contributed by atoms with Crippen LogP contribution in [0.5, 0.6) is 0 Å². The molecular weight excluding hydrogens is 208 g/mol. The highest BCUT2D eigenvalue weighted by atomic mass is 15.2. The average Bonchev–Trinajstić information content (AvgIpc) is 2.37. The van der Waals surface area contributed by atoms with E-state index in [4.69, 9.17) is 0 Å². The second-order valence-electron chi connectivity index (χ2n) is 6.04. The first-order valence-corrected chi connectivity index (χ1v) is 6.51. The van der Waals surface area contributed by atoms with Gasteiger partial charge in [-0.25, -0.2) is 0 Å². The van der Waals surface area contributed by atoms with E-state index in [9.17, 15) is 0 Å². The molecule has 17 heavy (non-hydrogen) atoms. The topological polar surface area (TPSA) is 15.3 Å². The van der Waals surface area contributed by atoms with Crippen LogP contribution in [-0.4, -0.2) is 18.1 Å². The van der Waals surface area contributed by atoms with E-state index in [2.05, 4.69) is 63.0 Å². The van der Waals surface area contributed by atoms with Gasteiger partial charge in [0.25, 0.3) is 0 Å². The first-order chi connectivity index (χ1) is 7.91. The smallest absolute Gasteiger partial charge is 0.0444 e. The number of benzene rings is 1. The lowest BCUT2D eigenvalue weighted by Crippen LogP contribution is -2.48. The Bertz CT molecular complexity index is 407. The van der Waals surface area contributed by atoms with Crippen molar-refractivity contribution in [1.29, 1.82) is 0 Å². The molecule has 0 fully saturated rings. The Morgan fingerprint density at radius 2 is 2.00 bits per heavy atom. The molecule has 1 aromatic carbocycles. The van der Waals surface area contributed by atoms with Crippen molar-refractivity contribution < 1.29 is 0 Å². The van der Waals surface area contributed by atoms with Crippen LogP contribution in [0.25, 0.3) is 0 Å². The van der Waals surface area contributed by atoms with Crippen molar-refractivity contribution in [2.24, 2.45) is 0 Å². The summed E-state index contributed by atoms with van der Waals surface area (Å²) in [6, 6.07) is 7.15. The van der Waals surface area contributed by atoms with Crippen LogP contribution in [0.1, 0.15) is 38.8 Å². The van der Waals surface area contributed by atoms with E-state index in [0.29, 0.717) is 6.04 Å². The van der Waals surface area contributed by atoms with Crippen LogP contribution in [0, 0.1) is 6.92 Å². The van der Waals surface area contributed by atoms with Crippen LogP contribution in [0.15, 0.2) is 18.2 Å². The molecule has 0 atom stereocenters. The van der Waals surface area contributed by atoms with Gasteiger partial charge in [-0.2, -0.15) is 0 Å². The maximum Gasteiger partial charge on any atom is 0.0444 e. The van der Waals surface area contributed by atoms with Crippen LogP contribution in [0.4, 0.5) is 5.69 Å². The molecule has 0 aromatic heterocycles. The summed E-state index contributed by atoms with van der Waals surface area (Å²) in [4.78, 5) is 2.53. The normalized spacial score (nSPS) is 19.1. The van der Waals surface area contributed by atoms with Crippen LogP contribution >= 0.6 is 0 Å². The molecule has 0 aliphatic carbocycles. The first-order valence-electron chi connectivity index (χ1n) is 6.51. The summed E-state index contributed by atoms with van der Waals surface area (Å²) in [6.07, 6.45) is 0. The van der Waals surface area contributed by atoms with Gasteiger partial charge in [0.1, 0.15) is 0 Å². The Morgan fingerprint density at radius 3 is 2.65 bits per heavy atom. The molecule has 2 rings (SSSR count). The molecule has 0 unspecified atom stereocenters. The third-order valence-electron chi connectivity index (χ3n) is 3.55. The predicted octanol–water partition coefficient (Wildman–Crippen LogP) is 3.09. The summed E-state index contributed by atoms with van der Waals surface area (Å²) in [7, 11) is 0. The van der Waals surface area contributed by atoms with Crippen molar-refractivity contribution in [3.8, 4) is 0 Å². The van der Waals surface area contributed by atoms with E-state index in [0.717, 1.165) is 13.1 Å².